The van der Waals surface area contributed by atoms with Gasteiger partial charge in [0.15, 0.2) is 0 Å². The Morgan fingerprint density at radius 2 is 1.71 bits per heavy atom. The highest BCUT2D eigenvalue weighted by molar-refractivity contribution is 7.92. The monoisotopic (exact) mass is 503 g/mol. The molecule has 0 unspecified atom stereocenters. The van der Waals surface area contributed by atoms with Crippen LogP contribution in [0.5, 0.6) is 5.75 Å². The van der Waals surface area contributed by atoms with Crippen LogP contribution in [-0.4, -0.2) is 57.1 Å². The van der Waals surface area contributed by atoms with Crippen molar-refractivity contribution in [1.82, 2.24) is 10.2 Å². The first-order chi connectivity index (χ1) is 16.6. The minimum atomic E-state index is -3.82. The molecule has 0 aliphatic heterocycles. The number of para-hydroxylation sites is 2. The summed E-state index contributed by atoms with van der Waals surface area (Å²) in [4.78, 5) is 27.9. The Morgan fingerprint density at radius 1 is 1.06 bits per heavy atom. The van der Waals surface area contributed by atoms with Gasteiger partial charge in [-0.05, 0) is 44.9 Å². The number of sulfonamides is 1. The van der Waals surface area contributed by atoms with E-state index in [-0.39, 0.29) is 18.1 Å². The van der Waals surface area contributed by atoms with Gasteiger partial charge >= 0.3 is 0 Å². The topological polar surface area (TPSA) is 96.0 Å². The molecule has 0 aromatic heterocycles. The minimum Gasteiger partial charge on any atom is -0.492 e. The Hall–Kier alpha value is -3.07. The summed E-state index contributed by atoms with van der Waals surface area (Å²) in [6.45, 7) is 8.04. The van der Waals surface area contributed by atoms with Gasteiger partial charge in [-0.15, -0.1) is 0 Å². The molecule has 0 radical (unpaired) electrons. The van der Waals surface area contributed by atoms with Gasteiger partial charge in [-0.1, -0.05) is 55.3 Å². The molecule has 9 heteroatoms. The second kappa shape index (κ2) is 13.1. The van der Waals surface area contributed by atoms with Crippen LogP contribution in [0.25, 0.3) is 0 Å². The molecular formula is C26H37N3O5S. The summed E-state index contributed by atoms with van der Waals surface area (Å²) >= 11 is 0. The fourth-order valence-corrected chi connectivity index (χ4v) is 4.40. The standard InChI is InChI=1S/C26H37N3O5S/c1-6-8-17-27-26(31)21(4)28(18-22-15-13-20(3)14-16-22)25(30)19-29(35(5,32)33)23-11-9-10-12-24(23)34-7-2/h9-16,21H,6-8,17-19H2,1-5H3,(H,27,31)/t21-/m1/s1. The zero-order chi connectivity index (χ0) is 26.0. The van der Waals surface area contributed by atoms with Crippen LogP contribution < -0.4 is 14.4 Å². The van der Waals surface area contributed by atoms with E-state index in [1.54, 1.807) is 38.1 Å². The molecule has 1 N–H and O–H groups in total. The molecule has 1 atom stereocenters. The third-order valence-corrected chi connectivity index (χ3v) is 6.71. The number of amides is 2. The van der Waals surface area contributed by atoms with E-state index >= 15 is 0 Å². The summed E-state index contributed by atoms with van der Waals surface area (Å²) in [7, 11) is -3.82. The van der Waals surface area contributed by atoms with Crippen LogP contribution in [0, 0.1) is 6.92 Å². The second-order valence-corrected chi connectivity index (χ2v) is 10.4. The molecule has 35 heavy (non-hydrogen) atoms. The number of nitrogens with one attached hydrogen (secondary N) is 1. The van der Waals surface area contributed by atoms with Crippen LogP contribution in [0.4, 0.5) is 5.69 Å². The first-order valence-corrected chi connectivity index (χ1v) is 13.8. The van der Waals surface area contributed by atoms with E-state index in [1.165, 1.54) is 4.90 Å². The highest BCUT2D eigenvalue weighted by Gasteiger charge is 2.31. The van der Waals surface area contributed by atoms with Crippen molar-refractivity contribution in [3.05, 3.63) is 59.7 Å². The van der Waals surface area contributed by atoms with Gasteiger partial charge in [0.2, 0.25) is 21.8 Å². The Morgan fingerprint density at radius 3 is 2.31 bits per heavy atom. The van der Waals surface area contributed by atoms with Crippen molar-refractivity contribution in [1.29, 1.82) is 0 Å². The number of ether oxygens (including phenoxy) is 1. The van der Waals surface area contributed by atoms with Crippen molar-refractivity contribution >= 4 is 27.5 Å². The lowest BCUT2D eigenvalue weighted by Gasteiger charge is -2.32. The Balaban J connectivity index is 2.38. The molecule has 2 aromatic rings. The van der Waals surface area contributed by atoms with Crippen molar-refractivity contribution in [3.63, 3.8) is 0 Å². The number of anilines is 1. The molecule has 2 aromatic carbocycles. The molecule has 2 rings (SSSR count). The van der Waals surface area contributed by atoms with E-state index in [2.05, 4.69) is 5.32 Å². The van der Waals surface area contributed by atoms with Crippen molar-refractivity contribution in [2.75, 3.05) is 30.3 Å². The number of hydrogen-bond acceptors (Lipinski definition) is 5. The highest BCUT2D eigenvalue weighted by atomic mass is 32.2. The fourth-order valence-electron chi connectivity index (χ4n) is 3.54. The zero-order valence-corrected chi connectivity index (χ0v) is 22.1. The van der Waals surface area contributed by atoms with Gasteiger partial charge in [0.1, 0.15) is 18.3 Å². The predicted molar refractivity (Wildman–Crippen MR) is 139 cm³/mol. The number of benzene rings is 2. The summed E-state index contributed by atoms with van der Waals surface area (Å²) in [6.07, 6.45) is 2.82. The van der Waals surface area contributed by atoms with E-state index in [0.717, 1.165) is 34.5 Å². The van der Waals surface area contributed by atoms with Crippen molar-refractivity contribution < 1.29 is 22.7 Å². The van der Waals surface area contributed by atoms with E-state index in [9.17, 15) is 18.0 Å². The third kappa shape index (κ3) is 8.28. The lowest BCUT2D eigenvalue weighted by molar-refractivity contribution is -0.139. The molecule has 0 heterocycles. The number of unbranched alkanes of at least 4 members (excludes halogenated alkanes) is 1. The SMILES string of the molecule is CCCCNC(=O)[C@@H](C)N(Cc1ccc(C)cc1)C(=O)CN(c1ccccc1OCC)S(C)(=O)=O. The van der Waals surface area contributed by atoms with Crippen LogP contribution >= 0.6 is 0 Å². The molecule has 0 saturated carbocycles. The van der Waals surface area contributed by atoms with Crippen LogP contribution in [-0.2, 0) is 26.2 Å². The maximum absolute atomic E-state index is 13.6. The quantitative estimate of drug-likeness (QED) is 0.422. The van der Waals surface area contributed by atoms with Crippen LogP contribution in [0.2, 0.25) is 0 Å². The molecule has 2 amide bonds. The van der Waals surface area contributed by atoms with Crippen molar-refractivity contribution in [2.24, 2.45) is 0 Å². The molecule has 0 saturated heterocycles. The highest BCUT2D eigenvalue weighted by Crippen LogP contribution is 2.30. The van der Waals surface area contributed by atoms with Crippen molar-refractivity contribution in [2.45, 2.75) is 53.1 Å². The predicted octanol–water partition coefficient (Wildman–Crippen LogP) is 3.49. The molecule has 0 bridgehead atoms. The Labute approximate surface area is 209 Å². The number of nitrogens with zero attached hydrogens (tertiary/aromatic N) is 2. The average molecular weight is 504 g/mol. The number of rotatable bonds is 13. The summed E-state index contributed by atoms with van der Waals surface area (Å²) in [5.41, 5.74) is 2.20. The van der Waals surface area contributed by atoms with E-state index in [0.29, 0.717) is 18.9 Å². The fraction of sp³-hybridized carbons (Fsp3) is 0.462. The molecule has 0 aliphatic carbocycles. The summed E-state index contributed by atoms with van der Waals surface area (Å²) < 4.78 is 32.1. The van der Waals surface area contributed by atoms with Gasteiger partial charge in [-0.25, -0.2) is 8.42 Å². The molecule has 8 nitrogen and oxygen atoms in total. The van der Waals surface area contributed by atoms with Crippen LogP contribution in [0.1, 0.15) is 44.7 Å². The molecule has 192 valence electrons. The largest absolute Gasteiger partial charge is 0.492 e. The van der Waals surface area contributed by atoms with E-state index < -0.39 is 28.5 Å². The lowest BCUT2D eigenvalue weighted by Crippen LogP contribution is -2.51. The Kier molecular flexibility index (Phi) is 10.6. The number of carbonyl (C=O) groups is 2. The van der Waals surface area contributed by atoms with Gasteiger partial charge < -0.3 is 15.0 Å². The summed E-state index contributed by atoms with van der Waals surface area (Å²) in [6, 6.07) is 13.6. The number of aryl methyl sites for hydroxylation is 1. The second-order valence-electron chi connectivity index (χ2n) is 8.50. The number of hydrogen-bond donors (Lipinski definition) is 1. The Bertz CT molecular complexity index is 1090. The van der Waals surface area contributed by atoms with Crippen LogP contribution in [0.15, 0.2) is 48.5 Å². The molecule has 0 fully saturated rings. The molecule has 0 aliphatic rings. The van der Waals surface area contributed by atoms with Gasteiger partial charge in [0, 0.05) is 13.1 Å². The first-order valence-electron chi connectivity index (χ1n) is 11.9. The van der Waals surface area contributed by atoms with Gasteiger partial charge in [0.05, 0.1) is 18.6 Å². The zero-order valence-electron chi connectivity index (χ0n) is 21.3. The average Bonchev–Trinajstić information content (AvgIpc) is 2.81. The van der Waals surface area contributed by atoms with Gasteiger partial charge in [-0.2, -0.15) is 0 Å². The maximum atomic E-state index is 13.6. The normalized spacial score (nSPS) is 12.0. The maximum Gasteiger partial charge on any atom is 0.244 e. The van der Waals surface area contributed by atoms with E-state index in [1.807, 2.05) is 38.1 Å². The summed E-state index contributed by atoms with van der Waals surface area (Å²) in [5, 5.41) is 2.87. The summed E-state index contributed by atoms with van der Waals surface area (Å²) in [5.74, 6) is -0.399. The minimum absolute atomic E-state index is 0.173. The van der Waals surface area contributed by atoms with Gasteiger partial charge in [-0.3, -0.25) is 13.9 Å². The smallest absolute Gasteiger partial charge is 0.244 e. The number of carbonyl (C=O) groups excluding carboxylic acids is 2. The molecular weight excluding hydrogens is 466 g/mol. The lowest BCUT2D eigenvalue weighted by atomic mass is 10.1. The first kappa shape index (κ1) is 28.2. The third-order valence-electron chi connectivity index (χ3n) is 5.58. The molecule has 0 spiro atoms. The van der Waals surface area contributed by atoms with E-state index in [4.69, 9.17) is 4.74 Å². The van der Waals surface area contributed by atoms with Crippen LogP contribution in [0.3, 0.4) is 0 Å². The van der Waals surface area contributed by atoms with Crippen molar-refractivity contribution in [3.8, 4) is 5.75 Å². The van der Waals surface area contributed by atoms with Gasteiger partial charge in [0.25, 0.3) is 0 Å².